The van der Waals surface area contributed by atoms with Crippen LogP contribution < -0.4 is 5.32 Å². The fraction of sp³-hybridized carbons (Fsp3) is 0.462. The number of amides is 1. The molecule has 0 unspecified atom stereocenters. The summed E-state index contributed by atoms with van der Waals surface area (Å²) in [6.45, 7) is 2.72. The second kappa shape index (κ2) is 7.30. The molecular weight excluding hydrogens is 238 g/mol. The van der Waals surface area contributed by atoms with E-state index in [1.54, 1.807) is 18.2 Å². The van der Waals surface area contributed by atoms with E-state index in [1.807, 2.05) is 6.92 Å². The molecule has 1 rings (SSSR count). The fourth-order valence-electron chi connectivity index (χ4n) is 1.59. The number of rotatable bonds is 6. The van der Waals surface area contributed by atoms with Crippen molar-refractivity contribution in [2.24, 2.45) is 0 Å². The molecule has 0 aromatic heterocycles. The average Bonchev–Trinajstić information content (AvgIpc) is 2.28. The summed E-state index contributed by atoms with van der Waals surface area (Å²) in [5.74, 6) is -0.0665. The van der Waals surface area contributed by atoms with Crippen molar-refractivity contribution < 1.29 is 9.90 Å². The minimum absolute atomic E-state index is 0.0665. The predicted octanol–water partition coefficient (Wildman–Crippen LogP) is 2.54. The number of hydrogen-bond acceptors (Lipinski definition) is 2. The highest BCUT2D eigenvalue weighted by Crippen LogP contribution is 2.14. The van der Waals surface area contributed by atoms with Gasteiger partial charge in [0.1, 0.15) is 0 Å². The molecule has 0 aliphatic rings. The van der Waals surface area contributed by atoms with E-state index in [4.69, 9.17) is 16.7 Å². The summed E-state index contributed by atoms with van der Waals surface area (Å²) in [6, 6.07) is 5.23. The molecule has 0 radical (unpaired) electrons. The zero-order valence-electron chi connectivity index (χ0n) is 10.0. The smallest absolute Gasteiger partial charge is 0.251 e. The topological polar surface area (TPSA) is 49.3 Å². The Kier molecular flexibility index (Phi) is 6.01. The molecule has 0 fully saturated rings. The van der Waals surface area contributed by atoms with Crippen molar-refractivity contribution >= 4 is 17.5 Å². The third kappa shape index (κ3) is 4.75. The lowest BCUT2D eigenvalue weighted by Crippen LogP contribution is -2.25. The largest absolute Gasteiger partial charge is 0.396 e. The van der Waals surface area contributed by atoms with Gasteiger partial charge >= 0.3 is 0 Å². The lowest BCUT2D eigenvalue weighted by atomic mass is 10.1. The van der Waals surface area contributed by atoms with Crippen LogP contribution in [0.25, 0.3) is 0 Å². The standard InChI is InChI=1S/C13H18ClNO2/c1-10-9-11(14)5-6-12(10)13(17)15-7-3-2-4-8-16/h5-6,9,16H,2-4,7-8H2,1H3,(H,15,17). The Morgan fingerprint density at radius 2 is 2.12 bits per heavy atom. The summed E-state index contributed by atoms with van der Waals surface area (Å²) in [5, 5.41) is 12.1. The predicted molar refractivity (Wildman–Crippen MR) is 69.5 cm³/mol. The van der Waals surface area contributed by atoms with Crippen LogP contribution in [0.15, 0.2) is 18.2 Å². The minimum Gasteiger partial charge on any atom is -0.396 e. The average molecular weight is 256 g/mol. The SMILES string of the molecule is Cc1cc(Cl)ccc1C(=O)NCCCCCO. The van der Waals surface area contributed by atoms with E-state index >= 15 is 0 Å². The zero-order valence-corrected chi connectivity index (χ0v) is 10.8. The van der Waals surface area contributed by atoms with Gasteiger partial charge in [-0.1, -0.05) is 11.6 Å². The van der Waals surface area contributed by atoms with Gasteiger partial charge in [0.15, 0.2) is 0 Å². The van der Waals surface area contributed by atoms with E-state index in [9.17, 15) is 4.79 Å². The third-order valence-electron chi connectivity index (χ3n) is 2.55. The number of nitrogens with one attached hydrogen (secondary N) is 1. The van der Waals surface area contributed by atoms with Crippen molar-refractivity contribution in [3.8, 4) is 0 Å². The monoisotopic (exact) mass is 255 g/mol. The molecule has 2 N–H and O–H groups in total. The number of halogens is 1. The number of carbonyl (C=O) groups excluding carboxylic acids is 1. The van der Waals surface area contributed by atoms with Crippen LogP contribution in [0.1, 0.15) is 35.2 Å². The van der Waals surface area contributed by atoms with E-state index in [0.717, 1.165) is 24.8 Å². The summed E-state index contributed by atoms with van der Waals surface area (Å²) < 4.78 is 0. The highest BCUT2D eigenvalue weighted by molar-refractivity contribution is 6.30. The second-order valence-corrected chi connectivity index (χ2v) is 4.44. The molecule has 1 aromatic rings. The number of aliphatic hydroxyl groups is 1. The normalized spacial score (nSPS) is 10.3. The molecule has 4 heteroatoms. The third-order valence-corrected chi connectivity index (χ3v) is 2.79. The van der Waals surface area contributed by atoms with Crippen molar-refractivity contribution in [2.45, 2.75) is 26.2 Å². The summed E-state index contributed by atoms with van der Waals surface area (Å²) in [4.78, 5) is 11.8. The molecule has 0 aliphatic carbocycles. The van der Waals surface area contributed by atoms with Crippen molar-refractivity contribution in [3.05, 3.63) is 34.3 Å². The fourth-order valence-corrected chi connectivity index (χ4v) is 1.82. The van der Waals surface area contributed by atoms with Gasteiger partial charge < -0.3 is 10.4 Å². The minimum atomic E-state index is -0.0665. The molecule has 0 bridgehead atoms. The highest BCUT2D eigenvalue weighted by Gasteiger charge is 2.07. The van der Waals surface area contributed by atoms with E-state index in [1.165, 1.54) is 0 Å². The number of hydrogen-bond donors (Lipinski definition) is 2. The van der Waals surface area contributed by atoms with Crippen molar-refractivity contribution in [3.63, 3.8) is 0 Å². The van der Waals surface area contributed by atoms with E-state index in [0.29, 0.717) is 17.1 Å². The first kappa shape index (κ1) is 14.0. The summed E-state index contributed by atoms with van der Waals surface area (Å²) >= 11 is 5.83. The molecule has 1 amide bonds. The Bertz CT molecular complexity index is 380. The lowest BCUT2D eigenvalue weighted by Gasteiger charge is -2.07. The number of carbonyl (C=O) groups is 1. The zero-order chi connectivity index (χ0) is 12.7. The Hall–Kier alpha value is -1.06. The number of aryl methyl sites for hydroxylation is 1. The maximum absolute atomic E-state index is 11.8. The van der Waals surface area contributed by atoms with Gasteiger partial charge in [0.2, 0.25) is 0 Å². The quantitative estimate of drug-likeness (QED) is 0.768. The Labute approximate surface area is 107 Å². The molecule has 0 saturated carbocycles. The first-order valence-corrected chi connectivity index (χ1v) is 6.18. The van der Waals surface area contributed by atoms with E-state index in [-0.39, 0.29) is 12.5 Å². The molecule has 0 atom stereocenters. The van der Waals surface area contributed by atoms with Crippen molar-refractivity contribution in [2.75, 3.05) is 13.2 Å². The van der Waals surface area contributed by atoms with Crippen LogP contribution in [0.4, 0.5) is 0 Å². The Morgan fingerprint density at radius 1 is 1.35 bits per heavy atom. The molecule has 17 heavy (non-hydrogen) atoms. The van der Waals surface area contributed by atoms with Gasteiger partial charge in [-0.2, -0.15) is 0 Å². The highest BCUT2D eigenvalue weighted by atomic mass is 35.5. The van der Waals surface area contributed by atoms with Gasteiger partial charge in [0.05, 0.1) is 0 Å². The molecule has 0 saturated heterocycles. The van der Waals surface area contributed by atoms with Gasteiger partial charge in [-0.15, -0.1) is 0 Å². The van der Waals surface area contributed by atoms with E-state index < -0.39 is 0 Å². The molecule has 0 spiro atoms. The first-order valence-electron chi connectivity index (χ1n) is 5.80. The Balaban J connectivity index is 2.42. The molecule has 94 valence electrons. The Morgan fingerprint density at radius 3 is 2.76 bits per heavy atom. The van der Waals surface area contributed by atoms with Gasteiger partial charge in [0.25, 0.3) is 5.91 Å². The van der Waals surface area contributed by atoms with Crippen LogP contribution in [0.3, 0.4) is 0 Å². The summed E-state index contributed by atoms with van der Waals surface area (Å²) in [7, 11) is 0. The number of aliphatic hydroxyl groups excluding tert-OH is 1. The molecule has 1 aromatic carbocycles. The molecule has 3 nitrogen and oxygen atoms in total. The summed E-state index contributed by atoms with van der Waals surface area (Å²) in [5.41, 5.74) is 1.54. The van der Waals surface area contributed by atoms with Gasteiger partial charge in [0, 0.05) is 23.7 Å². The summed E-state index contributed by atoms with van der Waals surface area (Å²) in [6.07, 6.45) is 2.60. The van der Waals surface area contributed by atoms with Gasteiger partial charge in [-0.25, -0.2) is 0 Å². The van der Waals surface area contributed by atoms with Crippen LogP contribution in [-0.2, 0) is 0 Å². The number of benzene rings is 1. The van der Waals surface area contributed by atoms with Crippen molar-refractivity contribution in [1.82, 2.24) is 5.32 Å². The maximum Gasteiger partial charge on any atom is 0.251 e. The van der Waals surface area contributed by atoms with Crippen LogP contribution in [0.2, 0.25) is 5.02 Å². The number of unbranched alkanes of at least 4 members (excludes halogenated alkanes) is 2. The van der Waals surface area contributed by atoms with Crippen LogP contribution in [0, 0.1) is 6.92 Å². The van der Waals surface area contributed by atoms with Crippen LogP contribution in [-0.4, -0.2) is 24.2 Å². The molecular formula is C13H18ClNO2. The van der Waals surface area contributed by atoms with Crippen LogP contribution >= 0.6 is 11.6 Å². The first-order chi connectivity index (χ1) is 8.15. The van der Waals surface area contributed by atoms with Crippen LogP contribution in [0.5, 0.6) is 0 Å². The lowest BCUT2D eigenvalue weighted by molar-refractivity contribution is 0.0952. The maximum atomic E-state index is 11.8. The van der Waals surface area contributed by atoms with E-state index in [2.05, 4.69) is 5.32 Å². The second-order valence-electron chi connectivity index (χ2n) is 4.00. The van der Waals surface area contributed by atoms with Gasteiger partial charge in [-0.3, -0.25) is 4.79 Å². The van der Waals surface area contributed by atoms with Gasteiger partial charge in [-0.05, 0) is 49.9 Å². The molecule has 0 aliphatic heterocycles. The molecule has 0 heterocycles. The van der Waals surface area contributed by atoms with Crippen molar-refractivity contribution in [1.29, 1.82) is 0 Å².